The zero-order valence-electron chi connectivity index (χ0n) is 23.3. The van der Waals surface area contributed by atoms with E-state index in [0.29, 0.717) is 33.4 Å². The highest BCUT2D eigenvalue weighted by atomic mass is 35.5. The van der Waals surface area contributed by atoms with Gasteiger partial charge < -0.3 is 10.2 Å². The zero-order valence-corrected chi connectivity index (χ0v) is 25.6. The summed E-state index contributed by atoms with van der Waals surface area (Å²) >= 11 is 12.9. The predicted octanol–water partition coefficient (Wildman–Crippen LogP) is 6.00. The molecule has 0 aromatic heterocycles. The van der Waals surface area contributed by atoms with Crippen molar-refractivity contribution in [1.29, 1.82) is 0 Å². The van der Waals surface area contributed by atoms with Crippen molar-refractivity contribution < 1.29 is 18.0 Å². The zero-order chi connectivity index (χ0) is 29.6. The number of sulfonamides is 1. The smallest absolute Gasteiger partial charge is 0.264 e. The van der Waals surface area contributed by atoms with Crippen LogP contribution in [0.3, 0.4) is 0 Å². The average Bonchev–Trinajstić information content (AvgIpc) is 2.91. The van der Waals surface area contributed by atoms with Crippen LogP contribution in [-0.2, 0) is 26.2 Å². The van der Waals surface area contributed by atoms with E-state index in [1.807, 2.05) is 32.9 Å². The van der Waals surface area contributed by atoms with Gasteiger partial charge in [-0.2, -0.15) is 0 Å². The van der Waals surface area contributed by atoms with Crippen LogP contribution in [-0.4, -0.2) is 44.3 Å². The molecule has 0 aliphatic carbocycles. The van der Waals surface area contributed by atoms with Crippen LogP contribution >= 0.6 is 23.2 Å². The van der Waals surface area contributed by atoms with Crippen molar-refractivity contribution in [2.75, 3.05) is 17.4 Å². The van der Waals surface area contributed by atoms with E-state index in [2.05, 4.69) is 5.32 Å². The van der Waals surface area contributed by atoms with Crippen molar-refractivity contribution in [3.8, 4) is 0 Å². The number of carbonyl (C=O) groups is 2. The van der Waals surface area contributed by atoms with Crippen LogP contribution in [0.5, 0.6) is 0 Å². The van der Waals surface area contributed by atoms with Gasteiger partial charge in [0.15, 0.2) is 0 Å². The van der Waals surface area contributed by atoms with Gasteiger partial charge in [0.05, 0.1) is 10.6 Å². The number of rotatable bonds is 11. The molecule has 0 heterocycles. The lowest BCUT2D eigenvalue weighted by molar-refractivity contribution is -0.139. The Balaban J connectivity index is 2.08. The lowest BCUT2D eigenvalue weighted by Gasteiger charge is -2.33. The lowest BCUT2D eigenvalue weighted by atomic mass is 10.1. The predicted molar refractivity (Wildman–Crippen MR) is 161 cm³/mol. The summed E-state index contributed by atoms with van der Waals surface area (Å²) in [5, 5.41) is 3.53. The fourth-order valence-corrected chi connectivity index (χ4v) is 6.12. The quantitative estimate of drug-likeness (QED) is 0.291. The Morgan fingerprint density at radius 1 is 0.900 bits per heavy atom. The van der Waals surface area contributed by atoms with E-state index in [1.165, 1.54) is 17.0 Å². The van der Waals surface area contributed by atoms with Gasteiger partial charge in [-0.1, -0.05) is 73.4 Å². The number of amides is 2. The molecule has 10 heteroatoms. The molecule has 1 N–H and O–H groups in total. The van der Waals surface area contributed by atoms with E-state index in [4.69, 9.17) is 23.2 Å². The van der Waals surface area contributed by atoms with Crippen LogP contribution in [0.15, 0.2) is 71.6 Å². The molecule has 3 aromatic carbocycles. The Morgan fingerprint density at radius 2 is 1.52 bits per heavy atom. The topological polar surface area (TPSA) is 86.8 Å². The second kappa shape index (κ2) is 13.5. The number of carbonyl (C=O) groups excluding carboxylic acids is 2. The second-order valence-electron chi connectivity index (χ2n) is 10.2. The van der Waals surface area contributed by atoms with Gasteiger partial charge in [0.1, 0.15) is 12.6 Å². The molecule has 0 aliphatic heterocycles. The number of halogens is 2. The first-order chi connectivity index (χ1) is 18.8. The molecular formula is C30H35Cl2N3O4S. The van der Waals surface area contributed by atoms with Crippen LogP contribution in [0.4, 0.5) is 5.69 Å². The summed E-state index contributed by atoms with van der Waals surface area (Å²) < 4.78 is 29.0. The Morgan fingerprint density at radius 3 is 2.12 bits per heavy atom. The summed E-state index contributed by atoms with van der Waals surface area (Å²) in [4.78, 5) is 28.6. The normalized spacial score (nSPS) is 12.2. The van der Waals surface area contributed by atoms with Crippen LogP contribution in [0.2, 0.25) is 10.0 Å². The van der Waals surface area contributed by atoms with Crippen molar-refractivity contribution in [1.82, 2.24) is 10.2 Å². The number of nitrogens with zero attached hydrogens (tertiary/aromatic N) is 2. The van der Waals surface area contributed by atoms with Crippen molar-refractivity contribution >= 4 is 50.7 Å². The molecule has 214 valence electrons. The summed E-state index contributed by atoms with van der Waals surface area (Å²) in [6.45, 7) is 8.98. The number of anilines is 1. The summed E-state index contributed by atoms with van der Waals surface area (Å²) in [7, 11) is -4.15. The van der Waals surface area contributed by atoms with Crippen molar-refractivity contribution in [2.45, 2.75) is 52.1 Å². The summed E-state index contributed by atoms with van der Waals surface area (Å²) in [6.07, 6.45) is 0. The first-order valence-corrected chi connectivity index (χ1v) is 15.2. The molecule has 7 nitrogen and oxygen atoms in total. The molecule has 40 heavy (non-hydrogen) atoms. The summed E-state index contributed by atoms with van der Waals surface area (Å²) in [5.41, 5.74) is 2.36. The van der Waals surface area contributed by atoms with Crippen LogP contribution in [0.1, 0.15) is 37.5 Å². The number of aryl methyl sites for hydroxylation is 2. The molecule has 0 saturated carbocycles. The van der Waals surface area contributed by atoms with Gasteiger partial charge in [0, 0.05) is 28.7 Å². The first-order valence-electron chi connectivity index (χ1n) is 13.0. The molecule has 0 bridgehead atoms. The monoisotopic (exact) mass is 603 g/mol. The molecule has 0 unspecified atom stereocenters. The van der Waals surface area contributed by atoms with Crippen molar-refractivity contribution in [2.24, 2.45) is 5.92 Å². The van der Waals surface area contributed by atoms with E-state index in [1.54, 1.807) is 56.3 Å². The number of hydrogen-bond acceptors (Lipinski definition) is 4. The molecule has 3 rings (SSSR count). The minimum Gasteiger partial charge on any atom is -0.354 e. The van der Waals surface area contributed by atoms with Crippen LogP contribution in [0, 0.1) is 19.8 Å². The largest absolute Gasteiger partial charge is 0.354 e. The van der Waals surface area contributed by atoms with Gasteiger partial charge in [-0.3, -0.25) is 13.9 Å². The molecule has 2 amide bonds. The van der Waals surface area contributed by atoms with E-state index in [9.17, 15) is 18.0 Å². The van der Waals surface area contributed by atoms with Gasteiger partial charge >= 0.3 is 0 Å². The fourth-order valence-electron chi connectivity index (χ4n) is 4.11. The third kappa shape index (κ3) is 7.56. The second-order valence-corrected chi connectivity index (χ2v) is 12.8. The Hall–Kier alpha value is -3.07. The third-order valence-corrected chi connectivity index (χ3v) is 8.97. The Bertz CT molecular complexity index is 1440. The number of nitrogens with one attached hydrogen (secondary N) is 1. The van der Waals surface area contributed by atoms with Gasteiger partial charge in [0.25, 0.3) is 10.0 Å². The maximum Gasteiger partial charge on any atom is 0.264 e. The highest BCUT2D eigenvalue weighted by Crippen LogP contribution is 2.30. The average molecular weight is 605 g/mol. The molecule has 1 atom stereocenters. The minimum atomic E-state index is -4.15. The molecule has 0 radical (unpaired) electrons. The van der Waals surface area contributed by atoms with E-state index < -0.39 is 28.5 Å². The van der Waals surface area contributed by atoms with Crippen LogP contribution in [0.25, 0.3) is 0 Å². The molecule has 0 fully saturated rings. The molecule has 3 aromatic rings. The molecule has 0 spiro atoms. The van der Waals surface area contributed by atoms with E-state index in [-0.39, 0.29) is 23.3 Å². The SMILES string of the molecule is Cc1ccc(C)c(N(CC(=O)N(Cc2c(Cl)cccc2Cl)[C@@H](C)C(=O)NCC(C)C)S(=O)(=O)c2ccccc2)c1. The first kappa shape index (κ1) is 31.5. The fraction of sp³-hybridized carbons (Fsp3) is 0.333. The highest BCUT2D eigenvalue weighted by molar-refractivity contribution is 7.92. The van der Waals surface area contributed by atoms with Crippen LogP contribution < -0.4 is 9.62 Å². The van der Waals surface area contributed by atoms with E-state index in [0.717, 1.165) is 9.87 Å². The Labute approximate surface area is 247 Å². The summed E-state index contributed by atoms with van der Waals surface area (Å²) in [5.74, 6) is -0.743. The van der Waals surface area contributed by atoms with Gasteiger partial charge in [0.2, 0.25) is 11.8 Å². The molecule has 0 aliphatic rings. The van der Waals surface area contributed by atoms with E-state index >= 15 is 0 Å². The number of hydrogen-bond donors (Lipinski definition) is 1. The molecular weight excluding hydrogens is 569 g/mol. The number of benzene rings is 3. The maximum atomic E-state index is 14.1. The maximum absolute atomic E-state index is 14.1. The van der Waals surface area contributed by atoms with Gasteiger partial charge in [-0.05, 0) is 68.1 Å². The summed E-state index contributed by atoms with van der Waals surface area (Å²) in [6, 6.07) is 17.4. The molecule has 0 saturated heterocycles. The van der Waals surface area contributed by atoms with Crippen molar-refractivity contribution in [3.63, 3.8) is 0 Å². The lowest BCUT2D eigenvalue weighted by Crippen LogP contribution is -2.51. The Kier molecular flexibility index (Phi) is 10.6. The van der Waals surface area contributed by atoms with Gasteiger partial charge in [-0.25, -0.2) is 8.42 Å². The highest BCUT2D eigenvalue weighted by Gasteiger charge is 2.33. The van der Waals surface area contributed by atoms with Gasteiger partial charge in [-0.15, -0.1) is 0 Å². The third-order valence-electron chi connectivity index (χ3n) is 6.49. The van der Waals surface area contributed by atoms with Crippen molar-refractivity contribution in [3.05, 3.63) is 93.5 Å². The standard InChI is InChI=1S/C30H35Cl2N3O4S/c1-20(2)17-33-30(37)23(5)34(18-25-26(31)12-9-13-27(25)32)29(36)19-35(28-16-21(3)14-15-22(28)4)40(38,39)24-10-7-6-8-11-24/h6-16,20,23H,17-19H2,1-5H3,(H,33,37)/t23-/m0/s1. The minimum absolute atomic E-state index is 0.0483.